The number of ether oxygens (including phenoxy) is 1. The number of nitrogens with zero attached hydrogens (tertiary/aromatic N) is 4. The van der Waals surface area contributed by atoms with Crippen LogP contribution in [0.15, 0.2) is 12.7 Å². The van der Waals surface area contributed by atoms with Crippen molar-refractivity contribution in [2.45, 2.75) is 24.9 Å². The van der Waals surface area contributed by atoms with Gasteiger partial charge in [0.05, 0.1) is 12.9 Å². The van der Waals surface area contributed by atoms with E-state index in [9.17, 15) is 9.13 Å². The van der Waals surface area contributed by atoms with Crippen LogP contribution in [-0.4, -0.2) is 57.9 Å². The Kier molecular flexibility index (Phi) is 5.14. The molecular weight excluding hydrogens is 396 g/mol. The zero-order valence-corrected chi connectivity index (χ0v) is 14.7. The molecule has 0 saturated carbocycles. The minimum Gasteiger partial charge on any atom is -0.382 e. The third-order valence-corrected chi connectivity index (χ3v) is 4.59. The van der Waals surface area contributed by atoms with Crippen molar-refractivity contribution in [1.29, 1.82) is 0 Å². The fourth-order valence-electron chi connectivity index (χ4n) is 2.56. The Morgan fingerprint density at radius 2 is 1.96 bits per heavy atom. The highest BCUT2D eigenvalue weighted by Gasteiger charge is 2.42. The number of aromatic nitrogens is 4. The van der Waals surface area contributed by atoms with Gasteiger partial charge in [-0.3, -0.25) is 13.6 Å². The highest BCUT2D eigenvalue weighted by Crippen LogP contribution is 2.45. The first-order chi connectivity index (χ1) is 12.0. The number of nitrogen functional groups attached to an aromatic ring is 1. The quantitative estimate of drug-likeness (QED) is 0.372. The molecule has 0 aromatic carbocycles. The van der Waals surface area contributed by atoms with Crippen LogP contribution < -0.4 is 5.73 Å². The molecule has 1 aliphatic rings. The summed E-state index contributed by atoms with van der Waals surface area (Å²) in [6.45, 7) is -0.644. The van der Waals surface area contributed by atoms with E-state index in [0.717, 1.165) is 0 Å². The van der Waals surface area contributed by atoms with Crippen molar-refractivity contribution in [2.24, 2.45) is 0 Å². The summed E-state index contributed by atoms with van der Waals surface area (Å²) in [5.74, 6) is 0.135. The molecule has 0 unspecified atom stereocenters. The van der Waals surface area contributed by atoms with Crippen molar-refractivity contribution < 1.29 is 42.5 Å². The minimum atomic E-state index is -4.88. The number of fused-ring (bicyclic) bond motifs is 1. The van der Waals surface area contributed by atoms with Crippen molar-refractivity contribution in [2.75, 3.05) is 12.3 Å². The van der Waals surface area contributed by atoms with Gasteiger partial charge in [-0.1, -0.05) is 0 Å². The van der Waals surface area contributed by atoms with Gasteiger partial charge >= 0.3 is 15.6 Å². The lowest BCUT2D eigenvalue weighted by atomic mass is 10.2. The van der Waals surface area contributed by atoms with Crippen LogP contribution in [0.1, 0.15) is 12.6 Å². The molecule has 3 atom stereocenters. The van der Waals surface area contributed by atoms with Crippen molar-refractivity contribution in [3.63, 3.8) is 0 Å². The lowest BCUT2D eigenvalue weighted by molar-refractivity contribution is -0.0417. The Morgan fingerprint density at radius 1 is 1.23 bits per heavy atom. The molecule has 3 heterocycles. The summed E-state index contributed by atoms with van der Waals surface area (Å²) in [5.41, 5.74) is 6.32. The first-order valence-electron chi connectivity index (χ1n) is 7.06. The molecule has 1 fully saturated rings. The van der Waals surface area contributed by atoms with Gasteiger partial charge in [0.1, 0.15) is 30.3 Å². The summed E-state index contributed by atoms with van der Waals surface area (Å²) in [4.78, 5) is 47.6. The first-order valence-corrected chi connectivity index (χ1v) is 10.1. The van der Waals surface area contributed by atoms with Gasteiger partial charge in [0.15, 0.2) is 11.5 Å². The Balaban J connectivity index is 1.85. The second-order valence-electron chi connectivity index (χ2n) is 5.37. The van der Waals surface area contributed by atoms with Gasteiger partial charge < -0.3 is 30.0 Å². The molecule has 26 heavy (non-hydrogen) atoms. The van der Waals surface area contributed by atoms with Gasteiger partial charge in [-0.25, -0.2) is 24.1 Å². The van der Waals surface area contributed by atoms with Gasteiger partial charge in [0.25, 0.3) is 0 Å². The molecule has 1 saturated heterocycles. The molecule has 0 spiro atoms. The third-order valence-electron chi connectivity index (χ3n) is 3.56. The highest BCUT2D eigenvalue weighted by atomic mass is 31.2. The average Bonchev–Trinajstić information content (AvgIpc) is 3.07. The van der Waals surface area contributed by atoms with E-state index >= 15 is 0 Å². The van der Waals surface area contributed by atoms with E-state index in [2.05, 4.69) is 24.0 Å². The number of rotatable bonds is 6. The summed E-state index contributed by atoms with van der Waals surface area (Å²) in [7, 11) is -9.68. The Labute approximate surface area is 145 Å². The van der Waals surface area contributed by atoms with Crippen LogP contribution >= 0.6 is 15.6 Å². The van der Waals surface area contributed by atoms with Crippen LogP contribution in [0.5, 0.6) is 0 Å². The zero-order valence-electron chi connectivity index (χ0n) is 12.9. The molecule has 2 aromatic heterocycles. The molecule has 3 rings (SSSR count). The fraction of sp³-hybridized carbons (Fsp3) is 0.500. The standard InChI is InChI=1S/C10H15N5O9P2/c11-9-8-10(13-3-12-9)15(4-14-8)7-1-5(24-26(19,20)21)6(23-7)2-22-25(16,17)18/h3-7H,1-2H2,(H2,11,12,13)(H2,16,17,18)(H2,19,20,21)/t5-,6+,7+/m0/s1. The second kappa shape index (κ2) is 6.93. The van der Waals surface area contributed by atoms with E-state index in [1.54, 1.807) is 0 Å². The Morgan fingerprint density at radius 3 is 2.62 bits per heavy atom. The maximum Gasteiger partial charge on any atom is 0.469 e. The largest absolute Gasteiger partial charge is 0.469 e. The van der Waals surface area contributed by atoms with Crippen LogP contribution in [-0.2, 0) is 22.9 Å². The average molecular weight is 411 g/mol. The normalized spacial score (nSPS) is 24.4. The van der Waals surface area contributed by atoms with Crippen LogP contribution in [0.25, 0.3) is 11.2 Å². The number of anilines is 1. The van der Waals surface area contributed by atoms with Gasteiger partial charge in [0.2, 0.25) is 0 Å². The number of phosphoric ester groups is 2. The number of hydrogen-bond acceptors (Lipinski definition) is 9. The predicted molar refractivity (Wildman–Crippen MR) is 83.2 cm³/mol. The van der Waals surface area contributed by atoms with E-state index in [-0.39, 0.29) is 12.2 Å². The summed E-state index contributed by atoms with van der Waals surface area (Å²) >= 11 is 0. The smallest absolute Gasteiger partial charge is 0.382 e. The van der Waals surface area contributed by atoms with E-state index in [1.807, 2.05) is 0 Å². The van der Waals surface area contributed by atoms with Gasteiger partial charge in [-0.15, -0.1) is 0 Å². The van der Waals surface area contributed by atoms with Crippen molar-refractivity contribution in [1.82, 2.24) is 19.5 Å². The summed E-state index contributed by atoms with van der Waals surface area (Å²) in [6, 6.07) is 0. The zero-order chi connectivity index (χ0) is 19.1. The molecule has 0 amide bonds. The molecule has 144 valence electrons. The summed E-state index contributed by atoms with van der Waals surface area (Å²) in [6.07, 6.45) is -0.684. The molecule has 0 radical (unpaired) electrons. The second-order valence-corrected chi connectivity index (χ2v) is 7.80. The lowest BCUT2D eigenvalue weighted by Gasteiger charge is -2.19. The number of nitrogens with two attached hydrogens (primary N) is 1. The van der Waals surface area contributed by atoms with E-state index in [1.165, 1.54) is 17.2 Å². The third kappa shape index (κ3) is 4.43. The number of phosphoric acid groups is 2. The lowest BCUT2D eigenvalue weighted by Crippen LogP contribution is -2.28. The fourth-order valence-corrected chi connectivity index (χ4v) is 3.48. The molecular formula is C10H15N5O9P2. The molecule has 2 aromatic rings. The van der Waals surface area contributed by atoms with E-state index in [4.69, 9.17) is 30.0 Å². The van der Waals surface area contributed by atoms with Gasteiger partial charge in [-0.2, -0.15) is 0 Å². The van der Waals surface area contributed by atoms with E-state index < -0.39 is 40.7 Å². The van der Waals surface area contributed by atoms with Gasteiger partial charge in [-0.05, 0) is 0 Å². The Hall–Kier alpha value is -1.47. The van der Waals surface area contributed by atoms with Gasteiger partial charge in [0, 0.05) is 6.42 Å². The van der Waals surface area contributed by atoms with Crippen molar-refractivity contribution in [3.05, 3.63) is 12.7 Å². The highest BCUT2D eigenvalue weighted by molar-refractivity contribution is 7.46. The molecule has 6 N–H and O–H groups in total. The molecule has 16 heteroatoms. The SMILES string of the molecule is Nc1ncnc2c1ncn2[C@H]1C[C@H](OP(=O)(O)O)[C@@H](COP(=O)(O)O)O1. The predicted octanol–water partition coefficient (Wildman–Crippen LogP) is -0.717. The summed E-state index contributed by atoms with van der Waals surface area (Å²) in [5, 5.41) is 0. The van der Waals surface area contributed by atoms with Crippen LogP contribution in [0.3, 0.4) is 0 Å². The molecule has 14 nitrogen and oxygen atoms in total. The van der Waals surface area contributed by atoms with Crippen molar-refractivity contribution >= 4 is 32.6 Å². The monoisotopic (exact) mass is 411 g/mol. The number of imidazole rings is 1. The topological polar surface area (TPSA) is 212 Å². The van der Waals surface area contributed by atoms with E-state index in [0.29, 0.717) is 11.2 Å². The minimum absolute atomic E-state index is 0.0599. The maximum atomic E-state index is 11.2. The van der Waals surface area contributed by atoms with Crippen molar-refractivity contribution in [3.8, 4) is 0 Å². The molecule has 1 aliphatic heterocycles. The van der Waals surface area contributed by atoms with Crippen LogP contribution in [0, 0.1) is 0 Å². The summed E-state index contributed by atoms with van der Waals surface area (Å²) < 4.78 is 38.1. The first kappa shape index (κ1) is 19.3. The van der Waals surface area contributed by atoms with Crippen LogP contribution in [0.4, 0.5) is 5.82 Å². The number of hydrogen-bond donors (Lipinski definition) is 5. The molecule has 0 bridgehead atoms. The Bertz CT molecular complexity index is 894. The molecule has 0 aliphatic carbocycles. The maximum absolute atomic E-state index is 11.2. The van der Waals surface area contributed by atoms with Crippen LogP contribution in [0.2, 0.25) is 0 Å².